The highest BCUT2D eigenvalue weighted by Crippen LogP contribution is 2.32. The predicted octanol–water partition coefficient (Wildman–Crippen LogP) is 2.38. The lowest BCUT2D eigenvalue weighted by Crippen LogP contribution is -2.10. The van der Waals surface area contributed by atoms with E-state index >= 15 is 0 Å². The molecule has 1 rings (SSSR count). The topological polar surface area (TPSA) is 20.2 Å². The maximum Gasteiger partial charge on any atom is 0.416 e. The Morgan fingerprint density at radius 3 is 2.36 bits per heavy atom. The van der Waals surface area contributed by atoms with E-state index in [9.17, 15) is 17.6 Å². The molecule has 0 unspecified atom stereocenters. The summed E-state index contributed by atoms with van der Waals surface area (Å²) in [4.78, 5) is 0. The molecule has 0 aliphatic rings. The first kappa shape index (κ1) is 11.0. The highest BCUT2D eigenvalue weighted by molar-refractivity contribution is 5.30. The molecule has 1 nitrogen and oxygen atoms in total. The third-order valence-corrected chi connectivity index (χ3v) is 1.75. The summed E-state index contributed by atoms with van der Waals surface area (Å²) < 4.78 is 49.5. The van der Waals surface area contributed by atoms with Crippen molar-refractivity contribution in [1.82, 2.24) is 0 Å². The maximum absolute atomic E-state index is 12.6. The van der Waals surface area contributed by atoms with Crippen LogP contribution in [0.3, 0.4) is 0 Å². The number of halogens is 4. The Morgan fingerprint density at radius 1 is 1.21 bits per heavy atom. The van der Waals surface area contributed by atoms with E-state index in [1.807, 2.05) is 0 Å². The molecule has 0 amide bonds. The number of rotatable bonds is 2. The minimum atomic E-state index is -4.50. The summed E-state index contributed by atoms with van der Waals surface area (Å²) in [5.41, 5.74) is -1.12. The number of hydrogen-bond acceptors (Lipinski definition) is 1. The summed E-state index contributed by atoms with van der Waals surface area (Å²) in [7, 11) is 0. The quantitative estimate of drug-likeness (QED) is 0.740. The second kappa shape index (κ2) is 3.96. The fourth-order valence-corrected chi connectivity index (χ4v) is 1.17. The molecular formula is C9H8F4O. The Labute approximate surface area is 78.0 Å². The van der Waals surface area contributed by atoms with Crippen molar-refractivity contribution in [2.75, 3.05) is 6.61 Å². The third-order valence-electron chi connectivity index (χ3n) is 1.75. The van der Waals surface area contributed by atoms with Crippen LogP contribution in [0.4, 0.5) is 17.6 Å². The van der Waals surface area contributed by atoms with Crippen LogP contribution in [0.15, 0.2) is 18.2 Å². The van der Waals surface area contributed by atoms with Gasteiger partial charge >= 0.3 is 6.18 Å². The van der Waals surface area contributed by atoms with Crippen molar-refractivity contribution in [1.29, 1.82) is 0 Å². The van der Waals surface area contributed by atoms with Gasteiger partial charge in [-0.05, 0) is 30.2 Å². The number of benzene rings is 1. The molecule has 0 atom stereocenters. The van der Waals surface area contributed by atoms with E-state index in [1.54, 1.807) is 0 Å². The van der Waals surface area contributed by atoms with Gasteiger partial charge in [0.05, 0.1) is 5.56 Å². The van der Waals surface area contributed by atoms with Gasteiger partial charge in [-0.1, -0.05) is 0 Å². The molecular weight excluding hydrogens is 200 g/mol. The van der Waals surface area contributed by atoms with Crippen LogP contribution in [-0.2, 0) is 12.6 Å². The molecule has 5 heteroatoms. The van der Waals surface area contributed by atoms with Crippen LogP contribution < -0.4 is 0 Å². The van der Waals surface area contributed by atoms with Crippen LogP contribution in [0, 0.1) is 5.82 Å². The van der Waals surface area contributed by atoms with Crippen molar-refractivity contribution in [2.24, 2.45) is 0 Å². The summed E-state index contributed by atoms with van der Waals surface area (Å²) in [6, 6.07) is 2.23. The molecule has 0 saturated carbocycles. The number of aliphatic hydroxyl groups excluding tert-OH is 1. The molecule has 1 N–H and O–H groups in total. The SMILES string of the molecule is OCCc1cc(F)ccc1C(F)(F)F. The van der Waals surface area contributed by atoms with Crippen LogP contribution in [-0.4, -0.2) is 11.7 Å². The van der Waals surface area contributed by atoms with E-state index < -0.39 is 24.2 Å². The Balaban J connectivity index is 3.15. The molecule has 0 aliphatic carbocycles. The molecule has 0 aromatic heterocycles. The van der Waals surface area contributed by atoms with Gasteiger partial charge in [-0.15, -0.1) is 0 Å². The molecule has 14 heavy (non-hydrogen) atoms. The molecule has 0 aliphatic heterocycles. The average Bonchev–Trinajstić information content (AvgIpc) is 2.02. The Bertz CT molecular complexity index is 319. The first-order valence-corrected chi connectivity index (χ1v) is 3.91. The lowest BCUT2D eigenvalue weighted by atomic mass is 10.0. The zero-order valence-corrected chi connectivity index (χ0v) is 7.11. The zero-order chi connectivity index (χ0) is 10.8. The lowest BCUT2D eigenvalue weighted by Gasteiger charge is -2.11. The standard InChI is InChI=1S/C9H8F4O/c10-7-1-2-8(9(11,12)13)6(5-7)3-4-14/h1-2,5,14H,3-4H2. The van der Waals surface area contributed by atoms with Crippen LogP contribution in [0.1, 0.15) is 11.1 Å². The first-order chi connectivity index (χ1) is 6.45. The number of alkyl halides is 3. The second-order valence-electron chi connectivity index (χ2n) is 2.77. The Morgan fingerprint density at radius 2 is 1.86 bits per heavy atom. The number of hydrogen-bond donors (Lipinski definition) is 1. The predicted molar refractivity (Wildman–Crippen MR) is 42.2 cm³/mol. The maximum atomic E-state index is 12.6. The summed E-state index contributed by atoms with van der Waals surface area (Å²) >= 11 is 0. The minimum absolute atomic E-state index is 0.202. The molecule has 0 radical (unpaired) electrons. The molecule has 0 heterocycles. The highest BCUT2D eigenvalue weighted by atomic mass is 19.4. The van der Waals surface area contributed by atoms with E-state index in [1.165, 1.54) is 0 Å². The zero-order valence-electron chi connectivity index (χ0n) is 7.11. The van der Waals surface area contributed by atoms with Gasteiger partial charge in [0.2, 0.25) is 0 Å². The highest BCUT2D eigenvalue weighted by Gasteiger charge is 2.32. The minimum Gasteiger partial charge on any atom is -0.396 e. The second-order valence-corrected chi connectivity index (χ2v) is 2.77. The van der Waals surface area contributed by atoms with Crippen LogP contribution in [0.25, 0.3) is 0 Å². The Hall–Kier alpha value is -1.10. The van der Waals surface area contributed by atoms with Crippen molar-refractivity contribution in [2.45, 2.75) is 12.6 Å². The van der Waals surface area contributed by atoms with E-state index in [-0.39, 0.29) is 12.0 Å². The summed E-state index contributed by atoms with van der Waals surface area (Å²) in [6.45, 7) is -0.438. The van der Waals surface area contributed by atoms with Crippen molar-refractivity contribution in [3.8, 4) is 0 Å². The van der Waals surface area contributed by atoms with Gasteiger partial charge in [-0.2, -0.15) is 13.2 Å². The fourth-order valence-electron chi connectivity index (χ4n) is 1.17. The van der Waals surface area contributed by atoms with Crippen molar-refractivity contribution in [3.63, 3.8) is 0 Å². The normalized spacial score (nSPS) is 11.8. The summed E-state index contributed by atoms with van der Waals surface area (Å²) in [5.74, 6) is -0.735. The Kier molecular flexibility index (Phi) is 3.10. The van der Waals surface area contributed by atoms with Gasteiger partial charge < -0.3 is 5.11 Å². The lowest BCUT2D eigenvalue weighted by molar-refractivity contribution is -0.138. The fraction of sp³-hybridized carbons (Fsp3) is 0.333. The van der Waals surface area contributed by atoms with Gasteiger partial charge in [-0.3, -0.25) is 0 Å². The molecule has 1 aromatic carbocycles. The van der Waals surface area contributed by atoms with E-state index in [4.69, 9.17) is 5.11 Å². The van der Waals surface area contributed by atoms with Gasteiger partial charge in [-0.25, -0.2) is 4.39 Å². The molecule has 0 fully saturated rings. The van der Waals surface area contributed by atoms with Gasteiger partial charge in [0.25, 0.3) is 0 Å². The molecule has 1 aromatic rings. The molecule has 78 valence electrons. The number of aliphatic hydroxyl groups is 1. The van der Waals surface area contributed by atoms with E-state index in [0.717, 1.165) is 12.1 Å². The van der Waals surface area contributed by atoms with Crippen LogP contribution >= 0.6 is 0 Å². The summed E-state index contributed by atoms with van der Waals surface area (Å²) in [6.07, 6.45) is -4.70. The smallest absolute Gasteiger partial charge is 0.396 e. The van der Waals surface area contributed by atoms with Gasteiger partial charge in [0.1, 0.15) is 5.82 Å². The summed E-state index contributed by atoms with van der Waals surface area (Å²) in [5, 5.41) is 8.51. The first-order valence-electron chi connectivity index (χ1n) is 3.91. The van der Waals surface area contributed by atoms with Crippen molar-refractivity contribution < 1.29 is 22.7 Å². The van der Waals surface area contributed by atoms with Gasteiger partial charge in [0, 0.05) is 6.61 Å². The van der Waals surface area contributed by atoms with Crippen LogP contribution in [0.2, 0.25) is 0 Å². The largest absolute Gasteiger partial charge is 0.416 e. The molecule has 0 spiro atoms. The molecule has 0 saturated heterocycles. The van der Waals surface area contributed by atoms with Gasteiger partial charge in [0.15, 0.2) is 0 Å². The van der Waals surface area contributed by atoms with Crippen molar-refractivity contribution in [3.05, 3.63) is 35.1 Å². The molecule has 0 bridgehead atoms. The average molecular weight is 208 g/mol. The monoisotopic (exact) mass is 208 g/mol. The van der Waals surface area contributed by atoms with Crippen LogP contribution in [0.5, 0.6) is 0 Å². The van der Waals surface area contributed by atoms with E-state index in [0.29, 0.717) is 6.07 Å². The third kappa shape index (κ3) is 2.45. The van der Waals surface area contributed by atoms with E-state index in [2.05, 4.69) is 0 Å². The van der Waals surface area contributed by atoms with Crippen molar-refractivity contribution >= 4 is 0 Å².